The molecule has 1 fully saturated rings. The molecule has 1 saturated heterocycles. The van der Waals surface area contributed by atoms with Gasteiger partial charge in [-0.1, -0.05) is 30.3 Å². The Morgan fingerprint density at radius 1 is 1.00 bits per heavy atom. The van der Waals surface area contributed by atoms with Gasteiger partial charge in [-0.15, -0.1) is 0 Å². The number of nitrogens with zero attached hydrogens (tertiary/aromatic N) is 3. The van der Waals surface area contributed by atoms with E-state index in [1.807, 2.05) is 0 Å². The molecular formula is C29H23F3N4O6. The van der Waals surface area contributed by atoms with Gasteiger partial charge in [0.15, 0.2) is 5.92 Å². The molecule has 10 nitrogen and oxygen atoms in total. The third-order valence-corrected chi connectivity index (χ3v) is 6.87. The first-order chi connectivity index (χ1) is 19.7. The van der Waals surface area contributed by atoms with Crippen LogP contribution in [0.4, 0.5) is 35.0 Å². The van der Waals surface area contributed by atoms with Crippen LogP contribution in [-0.2, 0) is 27.1 Å². The van der Waals surface area contributed by atoms with Gasteiger partial charge in [0.1, 0.15) is 5.54 Å². The number of alkyl halides is 3. The summed E-state index contributed by atoms with van der Waals surface area (Å²) in [5, 5.41) is 30.6. The zero-order valence-electron chi connectivity index (χ0n) is 22.1. The molecule has 0 spiro atoms. The lowest BCUT2D eigenvalue weighted by molar-refractivity contribution is -0.150. The molecule has 0 atom stereocenters. The molecule has 0 aromatic heterocycles. The van der Waals surface area contributed by atoms with E-state index < -0.39 is 52.6 Å². The summed E-state index contributed by atoms with van der Waals surface area (Å²) in [4.78, 5) is 51.3. The fourth-order valence-electron chi connectivity index (χ4n) is 4.59. The van der Waals surface area contributed by atoms with E-state index in [0.717, 1.165) is 12.1 Å². The van der Waals surface area contributed by atoms with Gasteiger partial charge in [0.25, 0.3) is 5.91 Å². The minimum absolute atomic E-state index is 0.0633. The van der Waals surface area contributed by atoms with Crippen molar-refractivity contribution in [1.82, 2.24) is 4.90 Å². The Kier molecular flexibility index (Phi) is 7.67. The highest BCUT2D eigenvalue weighted by molar-refractivity contribution is 6.23. The normalized spacial score (nSPS) is 14.7. The second kappa shape index (κ2) is 10.9. The molecule has 0 bridgehead atoms. The third-order valence-electron chi connectivity index (χ3n) is 6.87. The van der Waals surface area contributed by atoms with Gasteiger partial charge in [0, 0.05) is 11.4 Å². The number of halogens is 3. The first-order valence-corrected chi connectivity index (χ1v) is 12.3. The first-order valence-electron chi connectivity index (χ1n) is 12.3. The molecule has 3 aromatic carbocycles. The number of rotatable bonds is 8. The summed E-state index contributed by atoms with van der Waals surface area (Å²) in [6.45, 7) is 2.83. The number of urea groups is 1. The van der Waals surface area contributed by atoms with E-state index in [-0.39, 0.29) is 17.8 Å². The van der Waals surface area contributed by atoms with Crippen molar-refractivity contribution in [2.75, 3.05) is 10.2 Å². The number of aliphatic carboxylic acids is 2. The molecule has 1 aliphatic rings. The predicted octanol–water partition coefficient (Wildman–Crippen LogP) is 5.32. The van der Waals surface area contributed by atoms with Gasteiger partial charge in [-0.05, 0) is 61.4 Å². The summed E-state index contributed by atoms with van der Waals surface area (Å²) in [7, 11) is 0. The number of carboxylic acids is 2. The smallest absolute Gasteiger partial charge is 0.417 e. The van der Waals surface area contributed by atoms with Crippen molar-refractivity contribution in [1.29, 1.82) is 5.26 Å². The SMILES string of the molecule is CC1(C)C(=O)N(c2ccc(C#N)c(C(F)(F)F)c2)C(=O)N1Cc1ccccc1Nc1ccc(C(C(=O)O)C(=O)O)cc1. The molecule has 0 saturated carbocycles. The maximum absolute atomic E-state index is 13.6. The van der Waals surface area contributed by atoms with Crippen molar-refractivity contribution in [3.8, 4) is 6.07 Å². The quantitative estimate of drug-likeness (QED) is 0.239. The Morgan fingerprint density at radius 3 is 2.19 bits per heavy atom. The van der Waals surface area contributed by atoms with Gasteiger partial charge in [-0.2, -0.15) is 18.4 Å². The number of imide groups is 1. The fourth-order valence-corrected chi connectivity index (χ4v) is 4.59. The average molecular weight is 581 g/mol. The molecule has 0 aliphatic carbocycles. The number of nitriles is 1. The van der Waals surface area contributed by atoms with Crippen LogP contribution in [0.15, 0.2) is 66.7 Å². The van der Waals surface area contributed by atoms with Crippen LogP contribution in [0.5, 0.6) is 0 Å². The molecule has 0 radical (unpaired) electrons. The minimum Gasteiger partial charge on any atom is -0.480 e. The van der Waals surface area contributed by atoms with Crippen LogP contribution >= 0.6 is 0 Å². The van der Waals surface area contributed by atoms with Crippen molar-refractivity contribution >= 4 is 40.9 Å². The summed E-state index contributed by atoms with van der Waals surface area (Å²) in [5.74, 6) is -5.51. The number of para-hydroxylation sites is 1. The van der Waals surface area contributed by atoms with Gasteiger partial charge in [-0.25, -0.2) is 9.69 Å². The molecule has 42 heavy (non-hydrogen) atoms. The van der Waals surface area contributed by atoms with E-state index >= 15 is 0 Å². The molecule has 216 valence electrons. The number of nitrogens with one attached hydrogen (secondary N) is 1. The van der Waals surface area contributed by atoms with Crippen molar-refractivity contribution in [3.63, 3.8) is 0 Å². The summed E-state index contributed by atoms with van der Waals surface area (Å²) >= 11 is 0. The molecule has 13 heteroatoms. The molecule has 1 aliphatic heterocycles. The largest absolute Gasteiger partial charge is 0.480 e. The van der Waals surface area contributed by atoms with Gasteiger partial charge < -0.3 is 20.4 Å². The number of carbonyl (C=O) groups is 4. The van der Waals surface area contributed by atoms with Crippen molar-refractivity contribution in [2.24, 2.45) is 0 Å². The van der Waals surface area contributed by atoms with Crippen LogP contribution in [0.3, 0.4) is 0 Å². The Bertz CT molecular complexity index is 1620. The predicted molar refractivity (Wildman–Crippen MR) is 143 cm³/mol. The first kappa shape index (κ1) is 29.6. The van der Waals surface area contributed by atoms with E-state index in [0.29, 0.717) is 27.9 Å². The highest BCUT2D eigenvalue weighted by Gasteiger charge is 2.52. The fraction of sp³-hybridized carbons (Fsp3) is 0.207. The minimum atomic E-state index is -4.88. The van der Waals surface area contributed by atoms with Crippen LogP contribution < -0.4 is 10.2 Å². The monoisotopic (exact) mass is 580 g/mol. The second-order valence-corrected chi connectivity index (χ2v) is 9.92. The molecule has 1 heterocycles. The lowest BCUT2D eigenvalue weighted by Crippen LogP contribution is -2.43. The molecule has 0 unspecified atom stereocenters. The van der Waals surface area contributed by atoms with Gasteiger partial charge in [0.2, 0.25) is 0 Å². The van der Waals surface area contributed by atoms with Crippen molar-refractivity contribution < 1.29 is 42.6 Å². The summed E-state index contributed by atoms with van der Waals surface area (Å²) < 4.78 is 40.7. The van der Waals surface area contributed by atoms with Gasteiger partial charge in [0.05, 0.1) is 29.4 Å². The maximum Gasteiger partial charge on any atom is 0.417 e. The molecule has 4 rings (SSSR count). The summed E-state index contributed by atoms with van der Waals surface area (Å²) in [6.07, 6.45) is -4.88. The summed E-state index contributed by atoms with van der Waals surface area (Å²) in [5.41, 5.74) is -2.09. The molecule has 3 amide bonds. The Balaban J connectivity index is 1.62. The average Bonchev–Trinajstić information content (AvgIpc) is 3.08. The zero-order chi connectivity index (χ0) is 31.0. The summed E-state index contributed by atoms with van der Waals surface area (Å²) in [6, 6.07) is 15.7. The highest BCUT2D eigenvalue weighted by Crippen LogP contribution is 2.39. The van der Waals surface area contributed by atoms with Gasteiger partial charge >= 0.3 is 24.1 Å². The standard InChI is InChI=1S/C29H23F3N4O6/c1-28(2)26(41)36(20-12-9-17(14-33)21(13-20)29(30,31)32)27(42)35(28)15-18-5-3-4-6-22(18)34-19-10-7-16(8-11-19)23(24(37)38)25(39)40/h3-13,23,34H,15H2,1-2H3,(H,37,38)(H,39,40). The Morgan fingerprint density at radius 2 is 1.62 bits per heavy atom. The van der Waals surface area contributed by atoms with Crippen molar-refractivity contribution in [2.45, 2.75) is 38.0 Å². The molecular weight excluding hydrogens is 557 g/mol. The number of anilines is 3. The van der Waals surface area contributed by atoms with Crippen LogP contribution in [0.1, 0.15) is 42.0 Å². The van der Waals surface area contributed by atoms with Gasteiger partial charge in [-0.3, -0.25) is 14.4 Å². The van der Waals surface area contributed by atoms with Crippen LogP contribution in [0.2, 0.25) is 0 Å². The number of carboxylic acid groups (broad SMARTS) is 2. The number of carbonyl (C=O) groups excluding carboxylic acids is 2. The third kappa shape index (κ3) is 5.46. The zero-order valence-corrected chi connectivity index (χ0v) is 22.1. The lowest BCUT2D eigenvalue weighted by Gasteiger charge is -2.28. The van der Waals surface area contributed by atoms with E-state index in [1.54, 1.807) is 24.3 Å². The van der Waals surface area contributed by atoms with Crippen molar-refractivity contribution in [3.05, 3.63) is 89.0 Å². The van der Waals surface area contributed by atoms with E-state index in [1.165, 1.54) is 49.1 Å². The Labute approximate surface area is 237 Å². The van der Waals surface area contributed by atoms with E-state index in [4.69, 9.17) is 5.26 Å². The number of hydrogen-bond acceptors (Lipinski definition) is 6. The van der Waals surface area contributed by atoms with Crippen LogP contribution in [-0.4, -0.2) is 44.5 Å². The van der Waals surface area contributed by atoms with Crippen LogP contribution in [0.25, 0.3) is 0 Å². The second-order valence-electron chi connectivity index (χ2n) is 9.92. The topological polar surface area (TPSA) is 151 Å². The number of amides is 3. The number of hydrogen-bond donors (Lipinski definition) is 3. The molecule has 3 aromatic rings. The maximum atomic E-state index is 13.6. The highest BCUT2D eigenvalue weighted by atomic mass is 19.4. The van der Waals surface area contributed by atoms with E-state index in [2.05, 4.69) is 5.32 Å². The van der Waals surface area contributed by atoms with Crippen LogP contribution in [0, 0.1) is 11.3 Å². The number of benzene rings is 3. The molecule has 3 N–H and O–H groups in total. The Hall–Kier alpha value is -5.38. The van der Waals surface area contributed by atoms with E-state index in [9.17, 15) is 42.6 Å². The lowest BCUT2D eigenvalue weighted by atomic mass is 9.99.